The summed E-state index contributed by atoms with van der Waals surface area (Å²) >= 11 is 18.8. The van der Waals surface area contributed by atoms with E-state index in [1.165, 1.54) is 24.1 Å². The first-order chi connectivity index (χ1) is 18.5. The molecule has 39 heavy (non-hydrogen) atoms. The molecule has 1 atom stereocenters. The van der Waals surface area contributed by atoms with E-state index in [1.54, 1.807) is 24.3 Å². The summed E-state index contributed by atoms with van der Waals surface area (Å²) in [7, 11) is -2.20. The van der Waals surface area contributed by atoms with Crippen molar-refractivity contribution >= 4 is 62.3 Å². The lowest BCUT2D eigenvalue weighted by Gasteiger charge is -2.32. The van der Waals surface area contributed by atoms with Gasteiger partial charge in [-0.05, 0) is 41.8 Å². The van der Waals surface area contributed by atoms with E-state index in [2.05, 4.69) is 5.32 Å². The number of carbonyl (C=O) groups is 2. The number of rotatable bonds is 12. The van der Waals surface area contributed by atoms with Crippen molar-refractivity contribution in [3.63, 3.8) is 0 Å². The molecule has 0 fully saturated rings. The number of amides is 2. The van der Waals surface area contributed by atoms with Gasteiger partial charge in [0.25, 0.3) is 0 Å². The van der Waals surface area contributed by atoms with Crippen molar-refractivity contribution in [1.29, 1.82) is 0 Å². The maximum atomic E-state index is 13.7. The molecule has 7 nitrogen and oxygen atoms in total. The number of carbonyl (C=O) groups excluding carboxylic acids is 2. The van der Waals surface area contributed by atoms with E-state index in [9.17, 15) is 18.0 Å². The number of nitrogens with one attached hydrogen (secondary N) is 1. The Morgan fingerprint density at radius 3 is 2.23 bits per heavy atom. The maximum absolute atomic E-state index is 13.7. The Kier molecular flexibility index (Phi) is 11.1. The highest BCUT2D eigenvalue weighted by Crippen LogP contribution is 2.31. The van der Waals surface area contributed by atoms with E-state index >= 15 is 0 Å². The van der Waals surface area contributed by atoms with Crippen LogP contribution in [0.15, 0.2) is 72.8 Å². The SMILES string of the molecule is CNC(=O)C(Cc1ccccc1)N(Cc1ccccc1Cl)C(=O)CCCN(c1cc(Cl)ccc1Cl)S(C)(=O)=O. The molecule has 0 spiro atoms. The summed E-state index contributed by atoms with van der Waals surface area (Å²) < 4.78 is 26.3. The zero-order valence-corrected chi connectivity index (χ0v) is 24.7. The van der Waals surface area contributed by atoms with E-state index in [4.69, 9.17) is 34.8 Å². The van der Waals surface area contributed by atoms with Gasteiger partial charge < -0.3 is 10.2 Å². The van der Waals surface area contributed by atoms with E-state index < -0.39 is 16.1 Å². The zero-order valence-electron chi connectivity index (χ0n) is 21.6. The third-order valence-corrected chi connectivity index (χ3v) is 8.25. The monoisotopic (exact) mass is 609 g/mol. The van der Waals surface area contributed by atoms with Gasteiger partial charge in [0, 0.05) is 43.0 Å². The Morgan fingerprint density at radius 2 is 1.59 bits per heavy atom. The fraction of sp³-hybridized carbons (Fsp3) is 0.286. The lowest BCUT2D eigenvalue weighted by atomic mass is 10.0. The minimum absolute atomic E-state index is 0.00606. The number of hydrogen-bond donors (Lipinski definition) is 1. The van der Waals surface area contributed by atoms with Gasteiger partial charge in [-0.3, -0.25) is 13.9 Å². The Hall–Kier alpha value is -2.78. The molecule has 0 saturated carbocycles. The van der Waals surface area contributed by atoms with Gasteiger partial charge in [0.1, 0.15) is 6.04 Å². The first-order valence-corrected chi connectivity index (χ1v) is 15.2. The topological polar surface area (TPSA) is 86.8 Å². The smallest absolute Gasteiger partial charge is 0.242 e. The van der Waals surface area contributed by atoms with Crippen LogP contribution in [-0.4, -0.2) is 51.0 Å². The average molecular weight is 611 g/mol. The van der Waals surface area contributed by atoms with Gasteiger partial charge >= 0.3 is 0 Å². The molecule has 208 valence electrons. The third kappa shape index (κ3) is 8.60. The Balaban J connectivity index is 1.87. The fourth-order valence-electron chi connectivity index (χ4n) is 4.19. The second-order valence-electron chi connectivity index (χ2n) is 8.97. The van der Waals surface area contributed by atoms with Crippen molar-refractivity contribution in [3.05, 3.63) is 99.0 Å². The number of sulfonamides is 1. The number of hydrogen-bond acceptors (Lipinski definition) is 4. The highest BCUT2D eigenvalue weighted by atomic mass is 35.5. The van der Waals surface area contributed by atoms with E-state index in [0.29, 0.717) is 22.0 Å². The standard InChI is InChI=1S/C28H30Cl3N3O4S/c1-32-28(36)26(17-20-9-4-3-5-10-20)33(19-21-11-6-7-12-23(21)30)27(35)13-8-16-34(39(2,37)38)25-18-22(29)14-15-24(25)31/h3-7,9-12,14-15,18,26H,8,13,16-17,19H2,1-2H3,(H,32,36). The van der Waals surface area contributed by atoms with E-state index in [1.807, 2.05) is 36.4 Å². The van der Waals surface area contributed by atoms with Crippen molar-refractivity contribution in [2.24, 2.45) is 0 Å². The lowest BCUT2D eigenvalue weighted by molar-refractivity contribution is -0.141. The summed E-state index contributed by atoms with van der Waals surface area (Å²) in [5, 5.41) is 3.70. The highest BCUT2D eigenvalue weighted by Gasteiger charge is 2.30. The fourth-order valence-corrected chi connectivity index (χ4v) is 5.79. The van der Waals surface area contributed by atoms with Crippen LogP contribution in [-0.2, 0) is 32.6 Å². The summed E-state index contributed by atoms with van der Waals surface area (Å²) in [6.07, 6.45) is 1.53. The molecular formula is C28H30Cl3N3O4S. The predicted octanol–water partition coefficient (Wildman–Crippen LogP) is 5.58. The van der Waals surface area contributed by atoms with Crippen molar-refractivity contribution in [3.8, 4) is 0 Å². The van der Waals surface area contributed by atoms with Crippen molar-refractivity contribution in [2.75, 3.05) is 24.2 Å². The van der Waals surface area contributed by atoms with Crippen LogP contribution in [0.25, 0.3) is 0 Å². The number of halogens is 3. The van der Waals surface area contributed by atoms with Crippen LogP contribution < -0.4 is 9.62 Å². The van der Waals surface area contributed by atoms with Crippen molar-refractivity contribution in [2.45, 2.75) is 31.8 Å². The largest absolute Gasteiger partial charge is 0.357 e. The van der Waals surface area contributed by atoms with E-state index in [-0.39, 0.29) is 48.5 Å². The van der Waals surface area contributed by atoms with E-state index in [0.717, 1.165) is 16.1 Å². The van der Waals surface area contributed by atoms with Crippen LogP contribution in [0.3, 0.4) is 0 Å². The summed E-state index contributed by atoms with van der Waals surface area (Å²) in [5.41, 5.74) is 1.82. The maximum Gasteiger partial charge on any atom is 0.242 e. The Bertz CT molecular complexity index is 1400. The Labute approximate surface area is 244 Å². The molecular weight excluding hydrogens is 581 g/mol. The minimum atomic E-state index is -3.72. The number of benzene rings is 3. The highest BCUT2D eigenvalue weighted by molar-refractivity contribution is 7.92. The van der Waals surface area contributed by atoms with Crippen LogP contribution in [0.1, 0.15) is 24.0 Å². The lowest BCUT2D eigenvalue weighted by Crippen LogP contribution is -2.49. The normalized spacial score (nSPS) is 12.0. The average Bonchev–Trinajstić information content (AvgIpc) is 2.90. The van der Waals surface area contributed by atoms with Crippen molar-refractivity contribution < 1.29 is 18.0 Å². The van der Waals surface area contributed by atoms with Gasteiger partial charge in [-0.2, -0.15) is 0 Å². The van der Waals surface area contributed by atoms with Gasteiger partial charge in [-0.15, -0.1) is 0 Å². The molecule has 0 saturated heterocycles. The number of nitrogens with zero attached hydrogens (tertiary/aromatic N) is 2. The molecule has 0 aliphatic carbocycles. The second kappa shape index (κ2) is 14.0. The van der Waals surface area contributed by atoms with Crippen LogP contribution in [0, 0.1) is 0 Å². The first kappa shape index (κ1) is 30.8. The molecule has 1 N–H and O–H groups in total. The molecule has 0 aliphatic heterocycles. The van der Waals surface area contributed by atoms with Crippen LogP contribution >= 0.6 is 34.8 Å². The molecule has 0 bridgehead atoms. The van der Waals surface area contributed by atoms with Gasteiger partial charge in [-0.1, -0.05) is 83.3 Å². The van der Waals surface area contributed by atoms with Gasteiger partial charge in [0.15, 0.2) is 0 Å². The molecule has 0 aromatic heterocycles. The summed E-state index contributed by atoms with van der Waals surface area (Å²) in [6.45, 7) is 0.104. The van der Waals surface area contributed by atoms with Crippen LogP contribution in [0.2, 0.25) is 15.1 Å². The minimum Gasteiger partial charge on any atom is -0.357 e. The molecule has 0 radical (unpaired) electrons. The van der Waals surface area contributed by atoms with Gasteiger partial charge in [-0.25, -0.2) is 8.42 Å². The molecule has 0 aliphatic rings. The molecule has 2 amide bonds. The quantitative estimate of drug-likeness (QED) is 0.290. The molecule has 0 heterocycles. The van der Waals surface area contributed by atoms with Crippen molar-refractivity contribution in [1.82, 2.24) is 10.2 Å². The molecule has 3 aromatic rings. The molecule has 3 aromatic carbocycles. The molecule has 11 heteroatoms. The number of anilines is 1. The molecule has 1 unspecified atom stereocenters. The second-order valence-corrected chi connectivity index (χ2v) is 12.1. The van der Waals surface area contributed by atoms with Crippen LogP contribution in [0.5, 0.6) is 0 Å². The zero-order chi connectivity index (χ0) is 28.6. The third-order valence-electron chi connectivity index (χ3n) is 6.15. The predicted molar refractivity (Wildman–Crippen MR) is 158 cm³/mol. The van der Waals surface area contributed by atoms with Crippen LogP contribution in [0.4, 0.5) is 5.69 Å². The summed E-state index contributed by atoms with van der Waals surface area (Å²) in [4.78, 5) is 28.2. The Morgan fingerprint density at radius 1 is 0.923 bits per heavy atom. The molecule has 3 rings (SSSR count). The summed E-state index contributed by atoms with van der Waals surface area (Å²) in [5.74, 6) is -0.632. The summed E-state index contributed by atoms with van der Waals surface area (Å²) in [6, 6.07) is 20.3. The first-order valence-electron chi connectivity index (χ1n) is 12.2. The van der Waals surface area contributed by atoms with Gasteiger partial charge in [0.05, 0.1) is 17.0 Å². The number of likely N-dealkylation sites (N-methyl/N-ethyl adjacent to an activating group) is 1. The van der Waals surface area contributed by atoms with Gasteiger partial charge in [0.2, 0.25) is 21.8 Å².